The number of hydrogen-bond acceptors (Lipinski definition) is 8. The lowest BCUT2D eigenvalue weighted by Gasteiger charge is -2.22. The first-order chi connectivity index (χ1) is 13.1. The fourth-order valence-electron chi connectivity index (χ4n) is 2.88. The second-order valence-corrected chi connectivity index (χ2v) is 9.94. The number of esters is 1. The number of carbonyl (C=O) groups excluding carboxylic acids is 1. The van der Waals surface area contributed by atoms with Crippen molar-refractivity contribution in [2.24, 2.45) is 0 Å². The Morgan fingerprint density at radius 2 is 1.82 bits per heavy atom. The molecule has 2 atom stereocenters. The van der Waals surface area contributed by atoms with Crippen LogP contribution in [-0.2, 0) is 33.9 Å². The van der Waals surface area contributed by atoms with Gasteiger partial charge in [0.2, 0.25) is 10.0 Å². The van der Waals surface area contributed by atoms with E-state index in [4.69, 9.17) is 8.92 Å². The minimum Gasteiger partial charge on any atom is -0.494 e. The standard InChI is InChI=1S/C17H25NO8S2/c1-4-5-10-25-13-6-8-15(9-7-13)28(22,23)18-12-14(26-27(3,20)21)11-16(18)17(19)24-2/h6-9,14,16H,4-5,10-12H2,1-3H3/t14-,16-/m1/s1. The van der Waals surface area contributed by atoms with E-state index >= 15 is 0 Å². The minimum atomic E-state index is -4.07. The van der Waals surface area contributed by atoms with Gasteiger partial charge in [-0.25, -0.2) is 8.42 Å². The molecule has 1 heterocycles. The van der Waals surface area contributed by atoms with Gasteiger partial charge in [0.1, 0.15) is 11.8 Å². The molecule has 0 saturated carbocycles. The zero-order valence-corrected chi connectivity index (χ0v) is 17.7. The van der Waals surface area contributed by atoms with Crippen molar-refractivity contribution in [2.75, 3.05) is 26.5 Å². The highest BCUT2D eigenvalue weighted by atomic mass is 32.2. The molecule has 1 aromatic rings. The Morgan fingerprint density at radius 3 is 2.36 bits per heavy atom. The average Bonchev–Trinajstić information content (AvgIpc) is 3.04. The molecule has 2 rings (SSSR count). The maximum absolute atomic E-state index is 13.0. The van der Waals surface area contributed by atoms with E-state index < -0.39 is 38.3 Å². The van der Waals surface area contributed by atoms with Crippen LogP contribution in [-0.4, -0.2) is 65.8 Å². The summed E-state index contributed by atoms with van der Waals surface area (Å²) >= 11 is 0. The fourth-order valence-corrected chi connectivity index (χ4v) is 5.13. The lowest BCUT2D eigenvalue weighted by atomic mass is 10.2. The number of carbonyl (C=O) groups is 1. The molecule has 0 bridgehead atoms. The summed E-state index contributed by atoms with van der Waals surface area (Å²) in [5, 5.41) is 0. The number of unbranched alkanes of at least 4 members (excludes halogenated alkanes) is 1. The first-order valence-electron chi connectivity index (χ1n) is 8.79. The van der Waals surface area contributed by atoms with Crippen molar-refractivity contribution in [3.05, 3.63) is 24.3 Å². The predicted octanol–water partition coefficient (Wildman–Crippen LogP) is 1.15. The van der Waals surface area contributed by atoms with Crippen molar-refractivity contribution in [1.82, 2.24) is 4.31 Å². The summed E-state index contributed by atoms with van der Waals surface area (Å²) < 4.78 is 64.8. The summed E-state index contributed by atoms with van der Waals surface area (Å²) in [4.78, 5) is 12.0. The van der Waals surface area contributed by atoms with Gasteiger partial charge < -0.3 is 9.47 Å². The van der Waals surface area contributed by atoms with E-state index in [9.17, 15) is 21.6 Å². The summed E-state index contributed by atoms with van der Waals surface area (Å²) in [6, 6.07) is 4.68. The summed E-state index contributed by atoms with van der Waals surface area (Å²) in [7, 11) is -6.74. The summed E-state index contributed by atoms with van der Waals surface area (Å²) in [6.45, 7) is 2.29. The van der Waals surface area contributed by atoms with Crippen LogP contribution in [0, 0.1) is 0 Å². The van der Waals surface area contributed by atoms with Crippen LogP contribution in [0.1, 0.15) is 26.2 Å². The van der Waals surface area contributed by atoms with E-state index in [2.05, 4.69) is 4.74 Å². The van der Waals surface area contributed by atoms with Crippen molar-refractivity contribution in [3.8, 4) is 5.75 Å². The predicted molar refractivity (Wildman–Crippen MR) is 101 cm³/mol. The topological polar surface area (TPSA) is 116 Å². The van der Waals surface area contributed by atoms with Gasteiger partial charge in [0.15, 0.2) is 0 Å². The highest BCUT2D eigenvalue weighted by Gasteiger charge is 2.46. The quantitative estimate of drug-likeness (QED) is 0.322. The molecule has 0 spiro atoms. The third-order valence-electron chi connectivity index (χ3n) is 4.20. The van der Waals surface area contributed by atoms with Crippen LogP contribution in [0.3, 0.4) is 0 Å². The Bertz CT molecular complexity index is 880. The van der Waals surface area contributed by atoms with Gasteiger partial charge in [-0.1, -0.05) is 13.3 Å². The molecule has 0 unspecified atom stereocenters. The Kier molecular flexibility index (Phi) is 7.43. The molecule has 158 valence electrons. The third kappa shape index (κ3) is 5.66. The number of sulfonamides is 1. The monoisotopic (exact) mass is 435 g/mol. The highest BCUT2D eigenvalue weighted by Crippen LogP contribution is 2.30. The van der Waals surface area contributed by atoms with Crippen molar-refractivity contribution in [1.29, 1.82) is 0 Å². The number of hydrogen-bond donors (Lipinski definition) is 0. The van der Waals surface area contributed by atoms with Crippen molar-refractivity contribution >= 4 is 26.1 Å². The van der Waals surface area contributed by atoms with E-state index in [1.807, 2.05) is 6.92 Å². The van der Waals surface area contributed by atoms with Gasteiger partial charge >= 0.3 is 5.97 Å². The zero-order chi connectivity index (χ0) is 20.9. The van der Waals surface area contributed by atoms with E-state index in [1.54, 1.807) is 0 Å². The summed E-state index contributed by atoms with van der Waals surface area (Å²) in [5.74, 6) is -0.237. The molecule has 1 fully saturated rings. The van der Waals surface area contributed by atoms with Gasteiger partial charge in [0.05, 0.1) is 31.0 Å². The molecule has 28 heavy (non-hydrogen) atoms. The molecule has 0 aliphatic carbocycles. The number of nitrogens with zero attached hydrogens (tertiary/aromatic N) is 1. The molecule has 0 radical (unpaired) electrons. The van der Waals surface area contributed by atoms with Gasteiger partial charge in [-0.05, 0) is 30.7 Å². The molecular weight excluding hydrogens is 410 g/mol. The summed E-state index contributed by atoms with van der Waals surface area (Å²) in [5.41, 5.74) is 0. The van der Waals surface area contributed by atoms with Gasteiger partial charge in [0.25, 0.3) is 10.1 Å². The molecule has 1 aromatic carbocycles. The number of rotatable bonds is 9. The SMILES string of the molecule is CCCCOc1ccc(S(=O)(=O)N2C[C@H](OS(C)(=O)=O)C[C@@H]2C(=O)OC)cc1. The Hall–Kier alpha value is -1.69. The molecule has 0 N–H and O–H groups in total. The normalized spacial score (nSPS) is 20.8. The minimum absolute atomic E-state index is 0.0377. The van der Waals surface area contributed by atoms with Crippen LogP contribution in [0.15, 0.2) is 29.2 Å². The number of ether oxygens (including phenoxy) is 2. The average molecular weight is 436 g/mol. The van der Waals surface area contributed by atoms with Crippen molar-refractivity contribution < 1.29 is 35.3 Å². The first-order valence-corrected chi connectivity index (χ1v) is 12.0. The molecular formula is C17H25NO8S2. The highest BCUT2D eigenvalue weighted by molar-refractivity contribution is 7.89. The van der Waals surface area contributed by atoms with Crippen LogP contribution in [0.5, 0.6) is 5.75 Å². The van der Waals surface area contributed by atoms with Gasteiger partial charge in [-0.3, -0.25) is 8.98 Å². The van der Waals surface area contributed by atoms with Gasteiger partial charge in [0, 0.05) is 13.0 Å². The van der Waals surface area contributed by atoms with Crippen molar-refractivity contribution in [3.63, 3.8) is 0 Å². The van der Waals surface area contributed by atoms with Crippen LogP contribution >= 0.6 is 0 Å². The molecule has 1 aliphatic heterocycles. The van der Waals surface area contributed by atoms with E-state index in [0.717, 1.165) is 30.5 Å². The first kappa shape index (κ1) is 22.6. The second kappa shape index (κ2) is 9.21. The van der Waals surface area contributed by atoms with Crippen molar-refractivity contribution in [2.45, 2.75) is 43.2 Å². The second-order valence-electron chi connectivity index (χ2n) is 6.45. The van der Waals surface area contributed by atoms with Crippen LogP contribution in [0.25, 0.3) is 0 Å². The maximum atomic E-state index is 13.0. The molecule has 1 saturated heterocycles. The molecule has 0 amide bonds. The maximum Gasteiger partial charge on any atom is 0.324 e. The Labute approximate surface area is 165 Å². The smallest absolute Gasteiger partial charge is 0.324 e. The number of benzene rings is 1. The molecule has 0 aromatic heterocycles. The van der Waals surface area contributed by atoms with E-state index in [-0.39, 0.29) is 17.9 Å². The number of methoxy groups -OCH3 is 1. The van der Waals surface area contributed by atoms with E-state index in [1.165, 1.54) is 24.3 Å². The molecule has 9 nitrogen and oxygen atoms in total. The lowest BCUT2D eigenvalue weighted by molar-refractivity contribution is -0.144. The Balaban J connectivity index is 2.24. The zero-order valence-electron chi connectivity index (χ0n) is 16.0. The largest absolute Gasteiger partial charge is 0.494 e. The van der Waals surface area contributed by atoms with Crippen LogP contribution in [0.4, 0.5) is 0 Å². The third-order valence-corrected chi connectivity index (χ3v) is 6.71. The lowest BCUT2D eigenvalue weighted by Crippen LogP contribution is -2.41. The van der Waals surface area contributed by atoms with Crippen LogP contribution < -0.4 is 4.74 Å². The fraction of sp³-hybridized carbons (Fsp3) is 0.588. The molecule has 11 heteroatoms. The Morgan fingerprint density at radius 1 is 1.18 bits per heavy atom. The van der Waals surface area contributed by atoms with E-state index in [0.29, 0.717) is 12.4 Å². The van der Waals surface area contributed by atoms with Crippen LogP contribution in [0.2, 0.25) is 0 Å². The summed E-state index contributed by atoms with van der Waals surface area (Å²) in [6.07, 6.45) is 1.65. The van der Waals surface area contributed by atoms with Gasteiger partial charge in [-0.15, -0.1) is 0 Å². The molecule has 1 aliphatic rings. The van der Waals surface area contributed by atoms with Gasteiger partial charge in [-0.2, -0.15) is 12.7 Å².